The number of hydrogen-bond donors (Lipinski definition) is 0. The lowest BCUT2D eigenvalue weighted by Gasteiger charge is -2.41. The average Bonchev–Trinajstić information content (AvgIpc) is 3.31. The summed E-state index contributed by atoms with van der Waals surface area (Å²) in [6, 6.07) is 23.2. The van der Waals surface area contributed by atoms with E-state index in [4.69, 9.17) is 9.47 Å². The van der Waals surface area contributed by atoms with Gasteiger partial charge in [0.15, 0.2) is 11.2 Å². The first-order valence-electron chi connectivity index (χ1n) is 15.7. The van der Waals surface area contributed by atoms with E-state index in [9.17, 15) is 0 Å². The molecule has 2 atom stereocenters. The fraction of sp³-hybridized carbons (Fsp3) is 0.190. The molecule has 2 aliphatic heterocycles. The van der Waals surface area contributed by atoms with Gasteiger partial charge in [0, 0.05) is 33.4 Å². The van der Waals surface area contributed by atoms with Crippen molar-refractivity contribution >= 4 is 34.6 Å². The number of allylic oxidation sites excluding steroid dienone is 2. The molecule has 0 bridgehead atoms. The van der Waals surface area contributed by atoms with E-state index in [0.29, 0.717) is 0 Å². The van der Waals surface area contributed by atoms with Gasteiger partial charge in [0.2, 0.25) is 0 Å². The van der Waals surface area contributed by atoms with Crippen LogP contribution >= 0.6 is 0 Å². The largest absolute Gasteiger partial charge is 0.473 e. The molecular formula is C42H38O2. The normalized spacial score (nSPS) is 21.8. The molecule has 4 aromatic rings. The van der Waals surface area contributed by atoms with Crippen LogP contribution in [0.5, 0.6) is 11.5 Å². The van der Waals surface area contributed by atoms with Crippen molar-refractivity contribution in [2.45, 2.75) is 51.7 Å². The Labute approximate surface area is 261 Å². The van der Waals surface area contributed by atoms with Gasteiger partial charge in [-0.25, -0.2) is 0 Å². The van der Waals surface area contributed by atoms with Gasteiger partial charge < -0.3 is 9.47 Å². The Morgan fingerprint density at radius 3 is 2.36 bits per heavy atom. The number of rotatable bonds is 3. The Morgan fingerprint density at radius 2 is 1.59 bits per heavy atom. The summed E-state index contributed by atoms with van der Waals surface area (Å²) >= 11 is 0. The maximum Gasteiger partial charge on any atom is 0.179 e. The molecule has 2 heteroatoms. The average molecular weight is 575 g/mol. The Kier molecular flexibility index (Phi) is 6.62. The monoisotopic (exact) mass is 574 g/mol. The SMILES string of the molecule is C=CC1=C(C)c2c3c(c4c(c2C12C=Cc1c(ccc5ccccc15)O2)C=CC(C(=C)C)(c1ccccc1)O4)CCC=C3.CC. The number of ether oxygens (including phenoxy) is 2. The second-order valence-electron chi connectivity index (χ2n) is 11.8. The topological polar surface area (TPSA) is 18.5 Å². The van der Waals surface area contributed by atoms with Gasteiger partial charge in [-0.1, -0.05) is 112 Å². The number of fused-ring (bicyclic) bond motifs is 10. The molecular weight excluding hydrogens is 536 g/mol. The quantitative estimate of drug-likeness (QED) is 0.227. The Hall–Kier alpha value is -4.82. The molecule has 2 nitrogen and oxygen atoms in total. The molecule has 218 valence electrons. The maximum absolute atomic E-state index is 7.21. The molecule has 0 saturated heterocycles. The maximum atomic E-state index is 7.21. The van der Waals surface area contributed by atoms with Crippen molar-refractivity contribution in [2.24, 2.45) is 0 Å². The minimum Gasteiger partial charge on any atom is -0.473 e. The first-order valence-corrected chi connectivity index (χ1v) is 15.7. The molecule has 2 unspecified atom stereocenters. The predicted molar refractivity (Wildman–Crippen MR) is 186 cm³/mol. The highest BCUT2D eigenvalue weighted by Gasteiger charge is 2.50. The summed E-state index contributed by atoms with van der Waals surface area (Å²) in [6.45, 7) is 17.0. The van der Waals surface area contributed by atoms with E-state index < -0.39 is 11.2 Å². The Bertz CT molecular complexity index is 1980. The smallest absolute Gasteiger partial charge is 0.179 e. The standard InChI is InChI=1S/C40H32O2.C2H6/c1-5-34-26(4)36-31-17-11-12-18-32(31)38-33(22-23-39(42-38,25(2)3)28-14-7-6-8-15-28)37(36)40(34)24-21-30-29-16-10-9-13-27(29)19-20-35(30)41-40;1-2/h5-11,13-17,19-24H,1-2,12,18H2,3-4H3;1-2H3. The Balaban J connectivity index is 0.00000153. The van der Waals surface area contributed by atoms with Gasteiger partial charge in [-0.05, 0) is 84.0 Å². The van der Waals surface area contributed by atoms with Crippen LogP contribution in [0.1, 0.15) is 73.1 Å². The van der Waals surface area contributed by atoms with Crippen LogP contribution in [0.2, 0.25) is 0 Å². The van der Waals surface area contributed by atoms with Crippen molar-refractivity contribution in [3.63, 3.8) is 0 Å². The summed E-state index contributed by atoms with van der Waals surface area (Å²) < 4.78 is 14.4. The molecule has 1 spiro atoms. The van der Waals surface area contributed by atoms with Crippen molar-refractivity contribution in [3.8, 4) is 11.5 Å². The fourth-order valence-electron chi connectivity index (χ4n) is 7.52. The van der Waals surface area contributed by atoms with Crippen LogP contribution in [0.3, 0.4) is 0 Å². The summed E-state index contributed by atoms with van der Waals surface area (Å²) in [7, 11) is 0. The first-order chi connectivity index (χ1) is 21.5. The third kappa shape index (κ3) is 3.73. The summed E-state index contributed by atoms with van der Waals surface area (Å²) in [5.41, 5.74) is 9.77. The Morgan fingerprint density at radius 1 is 0.841 bits per heavy atom. The first kappa shape index (κ1) is 28.0. The van der Waals surface area contributed by atoms with Crippen molar-refractivity contribution in [2.75, 3.05) is 0 Å². The molecule has 4 aliphatic rings. The van der Waals surface area contributed by atoms with Crippen molar-refractivity contribution < 1.29 is 9.47 Å². The minimum absolute atomic E-state index is 0.748. The highest BCUT2D eigenvalue weighted by Crippen LogP contribution is 2.59. The molecule has 8 rings (SSSR count). The number of benzene rings is 4. The van der Waals surface area contributed by atoms with Gasteiger partial charge in [-0.2, -0.15) is 0 Å². The number of hydrogen-bond acceptors (Lipinski definition) is 2. The predicted octanol–water partition coefficient (Wildman–Crippen LogP) is 11.0. The second-order valence-corrected chi connectivity index (χ2v) is 11.8. The molecule has 2 aliphatic carbocycles. The van der Waals surface area contributed by atoms with Crippen LogP contribution in [0.15, 0.2) is 115 Å². The van der Waals surface area contributed by atoms with Crippen molar-refractivity contribution in [1.29, 1.82) is 0 Å². The molecule has 0 N–H and O–H groups in total. The lowest BCUT2D eigenvalue weighted by atomic mass is 9.77. The van der Waals surface area contributed by atoms with E-state index in [1.165, 1.54) is 33.0 Å². The highest BCUT2D eigenvalue weighted by molar-refractivity contribution is 5.97. The summed E-state index contributed by atoms with van der Waals surface area (Å²) in [5, 5.41) is 2.39. The lowest BCUT2D eigenvalue weighted by Crippen LogP contribution is -2.37. The van der Waals surface area contributed by atoms with Crippen LogP contribution in [0, 0.1) is 0 Å². The van der Waals surface area contributed by atoms with Gasteiger partial charge in [0.05, 0.1) is 0 Å². The summed E-state index contributed by atoms with van der Waals surface area (Å²) in [6.07, 6.45) is 17.4. The van der Waals surface area contributed by atoms with E-state index in [-0.39, 0.29) is 0 Å². The van der Waals surface area contributed by atoms with Gasteiger partial charge in [-0.3, -0.25) is 0 Å². The summed E-state index contributed by atoms with van der Waals surface area (Å²) in [5.74, 6) is 1.81. The van der Waals surface area contributed by atoms with Gasteiger partial charge in [0.25, 0.3) is 0 Å². The lowest BCUT2D eigenvalue weighted by molar-refractivity contribution is 0.148. The molecule has 0 amide bonds. The molecule has 0 fully saturated rings. The zero-order chi connectivity index (χ0) is 30.6. The zero-order valence-corrected chi connectivity index (χ0v) is 26.0. The van der Waals surface area contributed by atoms with Gasteiger partial charge in [-0.15, -0.1) is 0 Å². The van der Waals surface area contributed by atoms with Crippen LogP contribution in [-0.4, -0.2) is 0 Å². The molecule has 2 heterocycles. The van der Waals surface area contributed by atoms with E-state index in [1.54, 1.807) is 0 Å². The molecule has 0 saturated carbocycles. The van der Waals surface area contributed by atoms with Crippen LogP contribution in [-0.2, 0) is 17.6 Å². The van der Waals surface area contributed by atoms with Gasteiger partial charge >= 0.3 is 0 Å². The van der Waals surface area contributed by atoms with E-state index in [2.05, 4.69) is 124 Å². The summed E-state index contributed by atoms with van der Waals surface area (Å²) in [4.78, 5) is 0. The van der Waals surface area contributed by atoms with Crippen LogP contribution < -0.4 is 9.47 Å². The van der Waals surface area contributed by atoms with Gasteiger partial charge in [0.1, 0.15) is 11.5 Å². The van der Waals surface area contributed by atoms with Crippen LogP contribution in [0.4, 0.5) is 0 Å². The van der Waals surface area contributed by atoms with E-state index in [1.807, 2.05) is 26.0 Å². The molecule has 44 heavy (non-hydrogen) atoms. The third-order valence-corrected chi connectivity index (χ3v) is 9.50. The second kappa shape index (κ2) is 10.4. The molecule has 4 aromatic carbocycles. The van der Waals surface area contributed by atoms with Crippen LogP contribution in [0.25, 0.3) is 34.6 Å². The van der Waals surface area contributed by atoms with Crippen molar-refractivity contribution in [1.82, 2.24) is 0 Å². The molecule has 0 radical (unpaired) electrons. The van der Waals surface area contributed by atoms with E-state index >= 15 is 0 Å². The van der Waals surface area contributed by atoms with E-state index in [0.717, 1.165) is 57.7 Å². The zero-order valence-electron chi connectivity index (χ0n) is 26.0. The third-order valence-electron chi connectivity index (χ3n) is 9.50. The fourth-order valence-corrected chi connectivity index (χ4v) is 7.52. The van der Waals surface area contributed by atoms with Crippen molar-refractivity contribution in [3.05, 3.63) is 154 Å². The highest BCUT2D eigenvalue weighted by atomic mass is 16.5. The minimum atomic E-state index is -0.815. The molecule has 0 aromatic heterocycles.